The van der Waals surface area contributed by atoms with Gasteiger partial charge >= 0.3 is 6.03 Å². The maximum atomic E-state index is 11.6. The predicted molar refractivity (Wildman–Crippen MR) is 74.2 cm³/mol. The highest BCUT2D eigenvalue weighted by molar-refractivity contribution is 6.04. The van der Waals surface area contributed by atoms with E-state index >= 15 is 0 Å². The molecule has 114 valence electrons. The summed E-state index contributed by atoms with van der Waals surface area (Å²) < 4.78 is 1.99. The van der Waals surface area contributed by atoms with Gasteiger partial charge in [0.25, 0.3) is 5.91 Å². The van der Waals surface area contributed by atoms with Gasteiger partial charge in [0, 0.05) is 31.9 Å². The maximum Gasteiger partial charge on any atom is 0.322 e. The van der Waals surface area contributed by atoms with Gasteiger partial charge in [0.2, 0.25) is 5.91 Å². The van der Waals surface area contributed by atoms with Crippen molar-refractivity contribution in [3.8, 4) is 0 Å². The van der Waals surface area contributed by atoms with Gasteiger partial charge in [0.15, 0.2) is 0 Å². The minimum Gasteiger partial charge on any atom is -0.356 e. The number of hydrogen-bond acceptors (Lipinski definition) is 4. The Kier molecular flexibility index (Phi) is 5.30. The lowest BCUT2D eigenvalue weighted by Gasteiger charge is -2.08. The molecule has 1 aliphatic heterocycles. The molecule has 0 aromatic carbocycles. The Morgan fingerprint density at radius 2 is 2.24 bits per heavy atom. The number of imidazole rings is 1. The number of unbranched alkanes of at least 4 members (excludes halogenated alkanes) is 1. The van der Waals surface area contributed by atoms with Gasteiger partial charge in [-0.2, -0.15) is 0 Å². The van der Waals surface area contributed by atoms with Crippen LogP contribution in [0.25, 0.3) is 0 Å². The molecule has 4 amide bonds. The van der Waals surface area contributed by atoms with Crippen LogP contribution in [0, 0.1) is 0 Å². The molecule has 0 unspecified atom stereocenters. The van der Waals surface area contributed by atoms with Crippen LogP contribution >= 0.6 is 0 Å². The fraction of sp³-hybridized carbons (Fsp3) is 0.538. The van der Waals surface area contributed by atoms with E-state index in [9.17, 15) is 14.4 Å². The van der Waals surface area contributed by atoms with Gasteiger partial charge in [-0.1, -0.05) is 0 Å². The standard InChI is InChI=1S/C13H19N5O3/c19-11(4-3-10-12(20)17-13(21)16-10)15-5-1-2-7-18-8-6-14-9-18/h6,8-10H,1-5,7H2,(H,15,19)(H2,16,17,20,21)/t10-/m1/s1. The number of carbonyl (C=O) groups excluding carboxylic acids is 3. The summed E-state index contributed by atoms with van der Waals surface area (Å²) in [7, 11) is 0. The van der Waals surface area contributed by atoms with Crippen molar-refractivity contribution in [2.45, 2.75) is 38.3 Å². The Bertz CT molecular complexity index is 500. The van der Waals surface area contributed by atoms with Crippen molar-refractivity contribution in [2.24, 2.45) is 0 Å². The second-order valence-electron chi connectivity index (χ2n) is 4.91. The zero-order valence-electron chi connectivity index (χ0n) is 11.7. The number of hydrogen-bond donors (Lipinski definition) is 3. The largest absolute Gasteiger partial charge is 0.356 e. The van der Waals surface area contributed by atoms with E-state index in [4.69, 9.17) is 0 Å². The number of aryl methyl sites for hydroxylation is 1. The van der Waals surface area contributed by atoms with E-state index in [1.807, 2.05) is 10.8 Å². The van der Waals surface area contributed by atoms with E-state index in [2.05, 4.69) is 20.9 Å². The Morgan fingerprint density at radius 3 is 2.90 bits per heavy atom. The molecule has 1 fully saturated rings. The summed E-state index contributed by atoms with van der Waals surface area (Å²) in [6, 6.07) is -1.09. The highest BCUT2D eigenvalue weighted by Crippen LogP contribution is 2.02. The molecule has 1 aliphatic rings. The van der Waals surface area contributed by atoms with Crippen molar-refractivity contribution in [3.63, 3.8) is 0 Å². The third kappa shape index (κ3) is 4.90. The molecule has 1 aromatic rings. The lowest BCUT2D eigenvalue weighted by atomic mass is 10.1. The van der Waals surface area contributed by atoms with Crippen LogP contribution in [0.15, 0.2) is 18.7 Å². The number of imide groups is 1. The fourth-order valence-electron chi connectivity index (χ4n) is 2.09. The van der Waals surface area contributed by atoms with Crippen LogP contribution < -0.4 is 16.0 Å². The second kappa shape index (κ2) is 7.41. The summed E-state index contributed by atoms with van der Waals surface area (Å²) in [5, 5.41) is 7.40. The molecule has 0 aliphatic carbocycles. The molecule has 1 aromatic heterocycles. The summed E-state index contributed by atoms with van der Waals surface area (Å²) in [5.41, 5.74) is 0. The molecule has 8 heteroatoms. The minimum absolute atomic E-state index is 0.105. The molecule has 1 saturated heterocycles. The highest BCUT2D eigenvalue weighted by atomic mass is 16.2. The summed E-state index contributed by atoms with van der Waals surface area (Å²) in [5.74, 6) is -0.472. The molecule has 0 spiro atoms. The van der Waals surface area contributed by atoms with E-state index in [-0.39, 0.29) is 18.2 Å². The van der Waals surface area contributed by atoms with Gasteiger partial charge < -0.3 is 15.2 Å². The van der Waals surface area contributed by atoms with Gasteiger partial charge in [-0.25, -0.2) is 9.78 Å². The molecule has 3 N–H and O–H groups in total. The van der Waals surface area contributed by atoms with Crippen LogP contribution in [0.3, 0.4) is 0 Å². The first kappa shape index (κ1) is 15.0. The van der Waals surface area contributed by atoms with Gasteiger partial charge in [-0.3, -0.25) is 14.9 Å². The topological polar surface area (TPSA) is 105 Å². The predicted octanol–water partition coefficient (Wildman–Crippen LogP) is -0.232. The second-order valence-corrected chi connectivity index (χ2v) is 4.91. The maximum absolute atomic E-state index is 11.6. The average Bonchev–Trinajstić information content (AvgIpc) is 3.06. The molecule has 8 nitrogen and oxygen atoms in total. The zero-order valence-corrected chi connectivity index (χ0v) is 11.7. The van der Waals surface area contributed by atoms with Crippen LogP contribution in [0.4, 0.5) is 4.79 Å². The summed E-state index contributed by atoms with van der Waals surface area (Å²) in [4.78, 5) is 37.7. The summed E-state index contributed by atoms with van der Waals surface area (Å²) >= 11 is 0. The molecule has 0 bridgehead atoms. The molecule has 0 radical (unpaired) electrons. The summed E-state index contributed by atoms with van der Waals surface area (Å²) in [6.45, 7) is 1.49. The summed E-state index contributed by atoms with van der Waals surface area (Å²) in [6.07, 6.45) is 7.78. The first-order valence-electron chi connectivity index (χ1n) is 6.99. The number of urea groups is 1. The number of amides is 4. The monoisotopic (exact) mass is 293 g/mol. The third-order valence-electron chi connectivity index (χ3n) is 3.24. The van der Waals surface area contributed by atoms with Crippen LogP contribution in [-0.2, 0) is 16.1 Å². The van der Waals surface area contributed by atoms with Crippen molar-refractivity contribution in [1.82, 2.24) is 25.5 Å². The number of carbonyl (C=O) groups is 3. The lowest BCUT2D eigenvalue weighted by molar-refractivity contribution is -0.122. The van der Waals surface area contributed by atoms with Crippen LogP contribution in [0.1, 0.15) is 25.7 Å². The Morgan fingerprint density at radius 1 is 1.38 bits per heavy atom. The molecular formula is C13H19N5O3. The molecule has 2 rings (SSSR count). The normalized spacial score (nSPS) is 17.4. The quantitative estimate of drug-likeness (QED) is 0.454. The van der Waals surface area contributed by atoms with Gasteiger partial charge in [0.1, 0.15) is 6.04 Å². The molecule has 21 heavy (non-hydrogen) atoms. The van der Waals surface area contributed by atoms with Crippen molar-refractivity contribution in [3.05, 3.63) is 18.7 Å². The van der Waals surface area contributed by atoms with Crippen molar-refractivity contribution in [2.75, 3.05) is 6.54 Å². The minimum atomic E-state index is -0.593. The Balaban J connectivity index is 1.51. The molecular weight excluding hydrogens is 274 g/mol. The molecule has 2 heterocycles. The van der Waals surface area contributed by atoms with Gasteiger partial charge in [0.05, 0.1) is 6.33 Å². The number of rotatable bonds is 8. The van der Waals surface area contributed by atoms with Gasteiger partial charge in [-0.15, -0.1) is 0 Å². The van der Waals surface area contributed by atoms with Crippen molar-refractivity contribution >= 4 is 17.8 Å². The van der Waals surface area contributed by atoms with E-state index in [0.29, 0.717) is 13.0 Å². The van der Waals surface area contributed by atoms with E-state index in [0.717, 1.165) is 19.4 Å². The van der Waals surface area contributed by atoms with Crippen LogP contribution in [0.5, 0.6) is 0 Å². The smallest absolute Gasteiger partial charge is 0.322 e. The van der Waals surface area contributed by atoms with E-state index in [1.54, 1.807) is 12.5 Å². The van der Waals surface area contributed by atoms with E-state index in [1.165, 1.54) is 0 Å². The highest BCUT2D eigenvalue weighted by Gasteiger charge is 2.29. The molecule has 0 saturated carbocycles. The fourth-order valence-corrected chi connectivity index (χ4v) is 2.09. The third-order valence-corrected chi connectivity index (χ3v) is 3.24. The first-order chi connectivity index (χ1) is 10.1. The average molecular weight is 293 g/mol. The van der Waals surface area contributed by atoms with Gasteiger partial charge in [-0.05, 0) is 19.3 Å². The SMILES string of the molecule is O=C(CC[C@H]1NC(=O)NC1=O)NCCCCn1ccnc1. The Labute approximate surface area is 122 Å². The molecule has 1 atom stereocenters. The zero-order chi connectivity index (χ0) is 15.1. The number of nitrogens with one attached hydrogen (secondary N) is 3. The van der Waals surface area contributed by atoms with Crippen molar-refractivity contribution < 1.29 is 14.4 Å². The Hall–Kier alpha value is -2.38. The first-order valence-corrected chi connectivity index (χ1v) is 6.99. The van der Waals surface area contributed by atoms with E-state index < -0.39 is 12.1 Å². The lowest BCUT2D eigenvalue weighted by Crippen LogP contribution is -2.32. The van der Waals surface area contributed by atoms with Crippen molar-refractivity contribution in [1.29, 1.82) is 0 Å². The van der Waals surface area contributed by atoms with Crippen LogP contribution in [-0.4, -0.2) is 40.0 Å². The number of aromatic nitrogens is 2. The van der Waals surface area contributed by atoms with Crippen LogP contribution in [0.2, 0.25) is 0 Å². The number of nitrogens with zero attached hydrogens (tertiary/aromatic N) is 2.